The van der Waals surface area contributed by atoms with Crippen LogP contribution >= 0.6 is 0 Å². The zero-order chi connectivity index (χ0) is 24.1. The Bertz CT molecular complexity index is 1250. The number of imide groups is 1. The van der Waals surface area contributed by atoms with E-state index in [2.05, 4.69) is 10.6 Å². The summed E-state index contributed by atoms with van der Waals surface area (Å²) >= 11 is 0. The third kappa shape index (κ3) is 5.47. The SMILES string of the molecule is Cc1ccc(NC(=O)CN2C(=O)N/C(=C\c3ccccc3OCc3ccc(F)cc3)C2=O)cc1. The molecule has 2 N–H and O–H groups in total. The van der Waals surface area contributed by atoms with Crippen molar-refractivity contribution in [3.63, 3.8) is 0 Å². The second-order valence-corrected chi connectivity index (χ2v) is 7.75. The molecule has 0 aromatic heterocycles. The van der Waals surface area contributed by atoms with Crippen LogP contribution in [0.1, 0.15) is 16.7 Å². The number of para-hydroxylation sites is 1. The molecule has 0 unspecified atom stereocenters. The zero-order valence-electron chi connectivity index (χ0n) is 18.4. The average Bonchev–Trinajstić information content (AvgIpc) is 3.08. The van der Waals surface area contributed by atoms with Gasteiger partial charge in [-0.15, -0.1) is 0 Å². The number of aryl methyl sites for hydroxylation is 1. The molecule has 0 saturated carbocycles. The topological polar surface area (TPSA) is 87.7 Å². The molecule has 172 valence electrons. The molecule has 1 aliphatic heterocycles. The summed E-state index contributed by atoms with van der Waals surface area (Å²) in [7, 11) is 0. The van der Waals surface area contributed by atoms with E-state index in [9.17, 15) is 18.8 Å². The van der Waals surface area contributed by atoms with Crippen molar-refractivity contribution in [2.75, 3.05) is 11.9 Å². The van der Waals surface area contributed by atoms with Crippen LogP contribution in [-0.4, -0.2) is 29.3 Å². The lowest BCUT2D eigenvalue weighted by Gasteiger charge is -2.12. The fraction of sp³-hybridized carbons (Fsp3) is 0.115. The van der Waals surface area contributed by atoms with Gasteiger partial charge in [-0.1, -0.05) is 48.0 Å². The Morgan fingerprint density at radius 2 is 1.74 bits per heavy atom. The third-order valence-corrected chi connectivity index (χ3v) is 5.13. The van der Waals surface area contributed by atoms with Crippen LogP contribution in [0.4, 0.5) is 14.9 Å². The van der Waals surface area contributed by atoms with Crippen molar-refractivity contribution in [1.29, 1.82) is 0 Å². The highest BCUT2D eigenvalue weighted by atomic mass is 19.1. The van der Waals surface area contributed by atoms with Crippen LogP contribution in [0.3, 0.4) is 0 Å². The number of rotatable bonds is 7. The predicted octanol–water partition coefficient (Wildman–Crippen LogP) is 4.24. The normalized spacial score (nSPS) is 14.3. The van der Waals surface area contributed by atoms with Crippen molar-refractivity contribution < 1.29 is 23.5 Å². The zero-order valence-corrected chi connectivity index (χ0v) is 18.4. The average molecular weight is 459 g/mol. The van der Waals surface area contributed by atoms with E-state index >= 15 is 0 Å². The number of carbonyl (C=O) groups excluding carboxylic acids is 3. The lowest BCUT2D eigenvalue weighted by molar-refractivity contribution is -0.127. The Balaban J connectivity index is 1.44. The van der Waals surface area contributed by atoms with E-state index in [1.807, 2.05) is 19.1 Å². The number of hydrogen-bond acceptors (Lipinski definition) is 4. The molecular formula is C26H22FN3O4. The number of nitrogens with one attached hydrogen (secondary N) is 2. The number of benzene rings is 3. The largest absolute Gasteiger partial charge is 0.488 e. The van der Waals surface area contributed by atoms with E-state index < -0.39 is 24.4 Å². The Hall–Kier alpha value is -4.46. The fourth-order valence-electron chi connectivity index (χ4n) is 3.32. The molecule has 4 rings (SSSR count). The molecule has 8 heteroatoms. The predicted molar refractivity (Wildman–Crippen MR) is 125 cm³/mol. The molecule has 3 aromatic carbocycles. The molecule has 7 nitrogen and oxygen atoms in total. The molecule has 0 atom stereocenters. The first kappa shape index (κ1) is 22.7. The summed E-state index contributed by atoms with van der Waals surface area (Å²) in [4.78, 5) is 38.3. The van der Waals surface area contributed by atoms with E-state index in [4.69, 9.17) is 4.74 Å². The van der Waals surface area contributed by atoms with Crippen molar-refractivity contribution >= 4 is 29.6 Å². The highest BCUT2D eigenvalue weighted by molar-refractivity contribution is 6.16. The summed E-state index contributed by atoms with van der Waals surface area (Å²) in [6, 6.07) is 19.5. The van der Waals surface area contributed by atoms with Gasteiger partial charge >= 0.3 is 6.03 Å². The van der Waals surface area contributed by atoms with Crippen LogP contribution in [-0.2, 0) is 16.2 Å². The first-order valence-electron chi connectivity index (χ1n) is 10.6. The molecule has 3 aromatic rings. The number of halogens is 1. The Morgan fingerprint density at radius 1 is 1.03 bits per heavy atom. The first-order chi connectivity index (χ1) is 16.4. The minimum absolute atomic E-state index is 0.0333. The van der Waals surface area contributed by atoms with Gasteiger partial charge in [0.2, 0.25) is 5.91 Å². The van der Waals surface area contributed by atoms with Crippen molar-refractivity contribution in [2.24, 2.45) is 0 Å². The van der Waals surface area contributed by atoms with Crippen LogP contribution in [0.5, 0.6) is 5.75 Å². The van der Waals surface area contributed by atoms with E-state index in [0.717, 1.165) is 16.0 Å². The summed E-state index contributed by atoms with van der Waals surface area (Å²) in [5.41, 5.74) is 3.00. The minimum Gasteiger partial charge on any atom is -0.488 e. The lowest BCUT2D eigenvalue weighted by atomic mass is 10.1. The maximum Gasteiger partial charge on any atom is 0.329 e. The summed E-state index contributed by atoms with van der Waals surface area (Å²) in [6.07, 6.45) is 1.50. The van der Waals surface area contributed by atoms with Crippen LogP contribution < -0.4 is 15.4 Å². The first-order valence-corrected chi connectivity index (χ1v) is 10.6. The lowest BCUT2D eigenvalue weighted by Crippen LogP contribution is -2.38. The molecule has 34 heavy (non-hydrogen) atoms. The maximum absolute atomic E-state index is 13.1. The number of nitrogens with zero attached hydrogens (tertiary/aromatic N) is 1. The van der Waals surface area contributed by atoms with E-state index in [1.165, 1.54) is 18.2 Å². The molecule has 4 amide bonds. The Labute approximate surface area is 195 Å². The molecule has 1 fully saturated rings. The van der Waals surface area contributed by atoms with Crippen molar-refractivity contribution in [2.45, 2.75) is 13.5 Å². The second-order valence-electron chi connectivity index (χ2n) is 7.75. The quantitative estimate of drug-likeness (QED) is 0.409. The van der Waals surface area contributed by atoms with E-state index in [0.29, 0.717) is 17.0 Å². The minimum atomic E-state index is -0.681. The summed E-state index contributed by atoms with van der Waals surface area (Å²) in [5.74, 6) is -0.951. The van der Waals surface area contributed by atoms with Gasteiger partial charge in [-0.25, -0.2) is 14.1 Å². The van der Waals surface area contributed by atoms with Crippen LogP contribution in [0.15, 0.2) is 78.5 Å². The molecular weight excluding hydrogens is 437 g/mol. The van der Waals surface area contributed by atoms with Crippen molar-refractivity contribution in [3.8, 4) is 5.75 Å². The number of hydrogen-bond donors (Lipinski definition) is 2. The molecule has 0 bridgehead atoms. The molecule has 1 heterocycles. The summed E-state index contributed by atoms with van der Waals surface area (Å²) < 4.78 is 18.9. The summed E-state index contributed by atoms with van der Waals surface area (Å²) in [5, 5.41) is 5.18. The molecule has 0 radical (unpaired) electrons. The smallest absolute Gasteiger partial charge is 0.329 e. The number of ether oxygens (including phenoxy) is 1. The second kappa shape index (κ2) is 9.99. The number of anilines is 1. The van der Waals surface area contributed by atoms with Crippen LogP contribution in [0, 0.1) is 12.7 Å². The maximum atomic E-state index is 13.1. The van der Waals surface area contributed by atoms with Gasteiger partial charge in [0, 0.05) is 11.3 Å². The van der Waals surface area contributed by atoms with Gasteiger partial charge in [0.15, 0.2) is 0 Å². The molecule has 0 spiro atoms. The Kier molecular flexibility index (Phi) is 6.68. The number of urea groups is 1. The molecule has 0 aliphatic carbocycles. The van der Waals surface area contributed by atoms with E-state index in [-0.39, 0.29) is 18.1 Å². The molecule has 1 aliphatic rings. The molecule has 1 saturated heterocycles. The fourth-order valence-corrected chi connectivity index (χ4v) is 3.32. The van der Waals surface area contributed by atoms with Gasteiger partial charge in [0.05, 0.1) is 0 Å². The summed E-state index contributed by atoms with van der Waals surface area (Å²) in [6.45, 7) is 1.71. The van der Waals surface area contributed by atoms with Crippen LogP contribution in [0.2, 0.25) is 0 Å². The van der Waals surface area contributed by atoms with Gasteiger partial charge in [-0.3, -0.25) is 9.59 Å². The third-order valence-electron chi connectivity index (χ3n) is 5.13. The van der Waals surface area contributed by atoms with Gasteiger partial charge in [-0.2, -0.15) is 0 Å². The number of carbonyl (C=O) groups is 3. The van der Waals surface area contributed by atoms with Crippen LogP contribution in [0.25, 0.3) is 6.08 Å². The van der Waals surface area contributed by atoms with E-state index in [1.54, 1.807) is 48.5 Å². The number of amides is 4. The van der Waals surface area contributed by atoms with Crippen molar-refractivity contribution in [1.82, 2.24) is 10.2 Å². The van der Waals surface area contributed by atoms with Gasteiger partial charge in [0.1, 0.15) is 30.4 Å². The highest BCUT2D eigenvalue weighted by Crippen LogP contribution is 2.24. The highest BCUT2D eigenvalue weighted by Gasteiger charge is 2.35. The standard InChI is InChI=1S/C26H22FN3O4/c1-17-6-12-21(13-7-17)28-24(31)15-30-25(32)22(29-26(30)33)14-19-4-2-3-5-23(19)34-16-18-8-10-20(27)11-9-18/h2-14H,15-16H2,1H3,(H,28,31)(H,29,33)/b22-14-. The van der Waals surface area contributed by atoms with Gasteiger partial charge < -0.3 is 15.4 Å². The monoisotopic (exact) mass is 459 g/mol. The van der Waals surface area contributed by atoms with Gasteiger partial charge in [-0.05, 0) is 48.9 Å². The van der Waals surface area contributed by atoms with Crippen molar-refractivity contribution in [3.05, 3.63) is 101 Å². The van der Waals surface area contributed by atoms with Gasteiger partial charge in [0.25, 0.3) is 5.91 Å². The Morgan fingerprint density at radius 3 is 2.47 bits per heavy atom.